The van der Waals surface area contributed by atoms with Gasteiger partial charge in [0.1, 0.15) is 12.4 Å². The fraction of sp³-hybridized carbons (Fsp3) is 0.267. The van der Waals surface area contributed by atoms with Crippen LogP contribution in [0.3, 0.4) is 0 Å². The number of esters is 1. The molecule has 0 bridgehead atoms. The van der Waals surface area contributed by atoms with Crippen LogP contribution in [0.1, 0.15) is 18.1 Å². The lowest BCUT2D eigenvalue weighted by Gasteiger charge is -2.34. The molecule has 4 rings (SSSR count). The number of nitrogens with zero attached hydrogens (tertiary/aromatic N) is 2. The van der Waals surface area contributed by atoms with Gasteiger partial charge < -0.3 is 29.3 Å². The number of rotatable bonds is 9. The summed E-state index contributed by atoms with van der Waals surface area (Å²) in [6.45, 7) is 5.70. The second-order valence-electron chi connectivity index (χ2n) is 9.06. The van der Waals surface area contributed by atoms with Crippen molar-refractivity contribution in [3.8, 4) is 17.2 Å². The summed E-state index contributed by atoms with van der Waals surface area (Å²) in [6, 6.07) is 20.8. The van der Waals surface area contributed by atoms with E-state index in [1.807, 2.05) is 36.4 Å². The topological polar surface area (TPSA) is 80.3 Å². The van der Waals surface area contributed by atoms with Crippen LogP contribution in [0.25, 0.3) is 6.08 Å². The number of benzene rings is 3. The molecule has 0 atom stereocenters. The fourth-order valence-corrected chi connectivity index (χ4v) is 4.14. The number of carbonyl (C=O) groups excluding carboxylic acids is 2. The van der Waals surface area contributed by atoms with Crippen molar-refractivity contribution in [3.05, 3.63) is 83.9 Å². The Balaban J connectivity index is 1.38. The number of carbonyl (C=O) groups is 2. The Bertz CT molecular complexity index is 1300. The number of methoxy groups -OCH3 is 1. The van der Waals surface area contributed by atoms with Gasteiger partial charge in [0.2, 0.25) is 5.91 Å². The van der Waals surface area contributed by atoms with Gasteiger partial charge in [0.05, 0.1) is 7.11 Å². The first-order valence-electron chi connectivity index (χ1n) is 12.5. The Morgan fingerprint density at radius 1 is 0.947 bits per heavy atom. The van der Waals surface area contributed by atoms with Gasteiger partial charge in [-0.15, -0.1) is 0 Å². The summed E-state index contributed by atoms with van der Waals surface area (Å²) in [5.41, 5.74) is 3.38. The van der Waals surface area contributed by atoms with Gasteiger partial charge in [-0.2, -0.15) is 0 Å². The minimum absolute atomic E-state index is 0.292. The van der Waals surface area contributed by atoms with Crippen LogP contribution in [0.5, 0.6) is 17.2 Å². The van der Waals surface area contributed by atoms with Gasteiger partial charge >= 0.3 is 5.97 Å². The largest absolute Gasteiger partial charge is 0.493 e. The summed E-state index contributed by atoms with van der Waals surface area (Å²) in [5.74, 6) is 0.767. The molecule has 1 fully saturated rings. The molecule has 1 aliphatic heterocycles. The van der Waals surface area contributed by atoms with Crippen LogP contribution in [0.2, 0.25) is 0 Å². The second kappa shape index (κ2) is 12.8. The molecule has 0 aliphatic carbocycles. The minimum Gasteiger partial charge on any atom is -0.493 e. The average molecular weight is 516 g/mol. The van der Waals surface area contributed by atoms with Gasteiger partial charge in [0.15, 0.2) is 11.5 Å². The Kier molecular flexibility index (Phi) is 9.00. The van der Waals surface area contributed by atoms with Crippen LogP contribution in [0.4, 0.5) is 11.4 Å². The monoisotopic (exact) mass is 515 g/mol. The summed E-state index contributed by atoms with van der Waals surface area (Å²) in [6.07, 6.45) is 3.07. The summed E-state index contributed by atoms with van der Waals surface area (Å²) >= 11 is 0. The first kappa shape index (κ1) is 26.8. The Labute approximate surface area is 223 Å². The molecular formula is C30H33N3O5. The van der Waals surface area contributed by atoms with E-state index in [-0.39, 0.29) is 5.91 Å². The zero-order valence-corrected chi connectivity index (χ0v) is 22.0. The van der Waals surface area contributed by atoms with Crippen molar-refractivity contribution in [1.82, 2.24) is 4.90 Å². The Morgan fingerprint density at radius 2 is 1.74 bits per heavy atom. The first-order chi connectivity index (χ1) is 18.4. The van der Waals surface area contributed by atoms with Crippen molar-refractivity contribution in [2.24, 2.45) is 0 Å². The number of ether oxygens (including phenoxy) is 3. The lowest BCUT2D eigenvalue weighted by atomic mass is 10.1. The van der Waals surface area contributed by atoms with E-state index in [4.69, 9.17) is 14.2 Å². The van der Waals surface area contributed by atoms with Gasteiger partial charge in [-0.25, -0.2) is 0 Å². The van der Waals surface area contributed by atoms with Crippen molar-refractivity contribution >= 4 is 29.3 Å². The molecule has 1 N–H and O–H groups in total. The molecule has 0 unspecified atom stereocenters. The molecule has 198 valence electrons. The highest BCUT2D eigenvalue weighted by Gasteiger charge is 2.15. The van der Waals surface area contributed by atoms with Crippen LogP contribution in [-0.4, -0.2) is 57.1 Å². The van der Waals surface area contributed by atoms with Gasteiger partial charge in [0, 0.05) is 62.2 Å². The molecule has 1 aliphatic rings. The lowest BCUT2D eigenvalue weighted by Crippen LogP contribution is -2.44. The maximum atomic E-state index is 12.7. The third-order valence-electron chi connectivity index (χ3n) is 6.22. The highest BCUT2D eigenvalue weighted by Crippen LogP contribution is 2.29. The Morgan fingerprint density at radius 3 is 2.50 bits per heavy atom. The molecule has 38 heavy (non-hydrogen) atoms. The smallest absolute Gasteiger partial charge is 0.308 e. The number of anilines is 2. The lowest BCUT2D eigenvalue weighted by molar-refractivity contribution is -0.132. The van der Waals surface area contributed by atoms with Gasteiger partial charge in [-0.3, -0.25) is 9.59 Å². The average Bonchev–Trinajstić information content (AvgIpc) is 2.92. The maximum Gasteiger partial charge on any atom is 0.308 e. The predicted molar refractivity (Wildman–Crippen MR) is 149 cm³/mol. The number of para-hydroxylation sites is 1. The number of piperazine rings is 1. The molecule has 8 nitrogen and oxygen atoms in total. The molecule has 0 saturated carbocycles. The normalized spacial score (nSPS) is 13.8. The van der Waals surface area contributed by atoms with Crippen LogP contribution in [0, 0.1) is 0 Å². The molecule has 8 heteroatoms. The van der Waals surface area contributed by atoms with E-state index < -0.39 is 5.97 Å². The van der Waals surface area contributed by atoms with E-state index in [0.29, 0.717) is 29.4 Å². The maximum absolute atomic E-state index is 12.7. The van der Waals surface area contributed by atoms with Crippen LogP contribution < -0.4 is 24.4 Å². The number of likely N-dealkylation sites (N-methyl/N-ethyl adjacent to an activating group) is 1. The number of hydrogen-bond acceptors (Lipinski definition) is 7. The van der Waals surface area contributed by atoms with Gasteiger partial charge in [-0.1, -0.05) is 30.3 Å². The molecule has 1 amide bonds. The first-order valence-corrected chi connectivity index (χ1v) is 12.5. The molecule has 1 saturated heterocycles. The van der Waals surface area contributed by atoms with E-state index in [9.17, 15) is 9.59 Å². The van der Waals surface area contributed by atoms with Crippen LogP contribution in [-0.2, 0) is 16.2 Å². The third-order valence-corrected chi connectivity index (χ3v) is 6.22. The highest BCUT2D eigenvalue weighted by molar-refractivity contribution is 6.02. The number of nitrogens with one attached hydrogen (secondary N) is 1. The van der Waals surface area contributed by atoms with Crippen molar-refractivity contribution in [2.45, 2.75) is 13.5 Å². The van der Waals surface area contributed by atoms with Gasteiger partial charge in [-0.05, 0) is 49.0 Å². The van der Waals surface area contributed by atoms with Crippen molar-refractivity contribution in [1.29, 1.82) is 0 Å². The Hall–Kier alpha value is -4.30. The molecule has 1 heterocycles. The molecule has 0 aromatic heterocycles. The summed E-state index contributed by atoms with van der Waals surface area (Å²) in [5, 5.41) is 2.92. The van der Waals surface area contributed by atoms with E-state index in [1.165, 1.54) is 20.1 Å². The second-order valence-corrected chi connectivity index (χ2v) is 9.06. The van der Waals surface area contributed by atoms with E-state index in [2.05, 4.69) is 34.3 Å². The minimum atomic E-state index is -0.452. The highest BCUT2D eigenvalue weighted by atomic mass is 16.6. The summed E-state index contributed by atoms with van der Waals surface area (Å²) in [4.78, 5) is 28.7. The van der Waals surface area contributed by atoms with Gasteiger partial charge in [0.25, 0.3) is 0 Å². The van der Waals surface area contributed by atoms with Crippen molar-refractivity contribution in [3.63, 3.8) is 0 Å². The van der Waals surface area contributed by atoms with Crippen molar-refractivity contribution < 1.29 is 23.8 Å². The van der Waals surface area contributed by atoms with Crippen molar-refractivity contribution in [2.75, 3.05) is 50.6 Å². The van der Waals surface area contributed by atoms with E-state index in [0.717, 1.165) is 43.2 Å². The number of amides is 1. The quantitative estimate of drug-likeness (QED) is 0.253. The van der Waals surface area contributed by atoms with Crippen LogP contribution >= 0.6 is 0 Å². The predicted octanol–water partition coefficient (Wildman–Crippen LogP) is 4.60. The molecule has 0 spiro atoms. The standard InChI is InChI=1S/C30H33N3O5/c1-22(34)38-29-19-23(11-13-28(29)36-3)12-14-30(35)31-27-10-5-4-7-24(27)21-37-26-9-6-8-25(20-26)33-17-15-32(2)16-18-33/h4-14,19-20H,15-18,21H2,1-3H3,(H,31,35)/b14-12+. The van der Waals surface area contributed by atoms with E-state index >= 15 is 0 Å². The van der Waals surface area contributed by atoms with E-state index in [1.54, 1.807) is 24.3 Å². The van der Waals surface area contributed by atoms with Crippen LogP contribution in [0.15, 0.2) is 72.8 Å². The fourth-order valence-electron chi connectivity index (χ4n) is 4.14. The summed E-state index contributed by atoms with van der Waals surface area (Å²) < 4.78 is 16.5. The molecule has 3 aromatic rings. The zero-order valence-electron chi connectivity index (χ0n) is 22.0. The number of hydrogen-bond donors (Lipinski definition) is 1. The molecule has 3 aromatic carbocycles. The molecular weight excluding hydrogens is 482 g/mol. The molecule has 0 radical (unpaired) electrons. The summed E-state index contributed by atoms with van der Waals surface area (Å²) in [7, 11) is 3.64. The SMILES string of the molecule is COc1ccc(/C=C/C(=O)Nc2ccccc2COc2cccc(N3CCN(C)CC3)c2)cc1OC(C)=O. The third kappa shape index (κ3) is 7.36. The zero-order chi connectivity index (χ0) is 26.9.